The van der Waals surface area contributed by atoms with Crippen molar-refractivity contribution in [2.45, 2.75) is 38.2 Å². The molecule has 15 heavy (non-hydrogen) atoms. The van der Waals surface area contributed by atoms with Crippen LogP contribution in [0.1, 0.15) is 38.4 Å². The Morgan fingerprint density at radius 2 is 2.40 bits per heavy atom. The first-order valence-electron chi connectivity index (χ1n) is 5.21. The van der Waals surface area contributed by atoms with Gasteiger partial charge in [0.25, 0.3) is 0 Å². The molecule has 0 bridgehead atoms. The molecular weight excluding hydrogens is 276 g/mol. The van der Waals surface area contributed by atoms with Gasteiger partial charge in [-0.1, -0.05) is 13.3 Å². The molecule has 0 radical (unpaired) electrons. The van der Waals surface area contributed by atoms with Crippen molar-refractivity contribution in [3.8, 4) is 0 Å². The highest BCUT2D eigenvalue weighted by Gasteiger charge is 2.40. The molecule has 1 aliphatic carbocycles. The predicted molar refractivity (Wildman–Crippen MR) is 63.9 cm³/mol. The van der Waals surface area contributed by atoms with Gasteiger partial charge in [-0.3, -0.25) is 0 Å². The number of hydrogen-bond donors (Lipinski definition) is 0. The largest absolute Gasteiger partial charge is 0.370 e. The quantitative estimate of drug-likeness (QED) is 0.838. The van der Waals surface area contributed by atoms with Crippen molar-refractivity contribution in [3.63, 3.8) is 0 Å². The van der Waals surface area contributed by atoms with E-state index in [4.69, 9.17) is 4.74 Å². The summed E-state index contributed by atoms with van der Waals surface area (Å²) in [4.78, 5) is 4.41. The lowest BCUT2D eigenvalue weighted by Crippen LogP contribution is -2.35. The summed E-state index contributed by atoms with van der Waals surface area (Å²) >= 11 is 4.75. The SMILES string of the molecule is COC1(c2nsc(Br)n2)CCCC(C)C1. The van der Waals surface area contributed by atoms with Gasteiger partial charge < -0.3 is 4.74 Å². The van der Waals surface area contributed by atoms with Crippen molar-refractivity contribution in [3.05, 3.63) is 9.74 Å². The lowest BCUT2D eigenvalue weighted by atomic mass is 9.78. The van der Waals surface area contributed by atoms with E-state index in [1.807, 2.05) is 0 Å². The average molecular weight is 291 g/mol. The summed E-state index contributed by atoms with van der Waals surface area (Å²) in [5.41, 5.74) is -0.236. The maximum Gasteiger partial charge on any atom is 0.179 e. The van der Waals surface area contributed by atoms with E-state index in [0.29, 0.717) is 5.92 Å². The Balaban J connectivity index is 2.27. The molecule has 0 N–H and O–H groups in total. The Hall–Kier alpha value is -0.0000000000000000555. The van der Waals surface area contributed by atoms with E-state index in [9.17, 15) is 0 Å². The van der Waals surface area contributed by atoms with Gasteiger partial charge in [-0.25, -0.2) is 4.98 Å². The van der Waals surface area contributed by atoms with Crippen LogP contribution < -0.4 is 0 Å². The Labute approximate surface area is 103 Å². The molecule has 2 atom stereocenters. The molecule has 3 nitrogen and oxygen atoms in total. The van der Waals surface area contributed by atoms with Gasteiger partial charge in [0.05, 0.1) is 0 Å². The van der Waals surface area contributed by atoms with Gasteiger partial charge in [-0.2, -0.15) is 4.37 Å². The lowest BCUT2D eigenvalue weighted by molar-refractivity contribution is -0.0638. The van der Waals surface area contributed by atoms with Crippen LogP contribution in [0.4, 0.5) is 0 Å². The third-order valence-corrected chi connectivity index (χ3v) is 4.27. The van der Waals surface area contributed by atoms with Gasteiger partial charge in [0, 0.05) is 7.11 Å². The van der Waals surface area contributed by atoms with Gasteiger partial charge >= 0.3 is 0 Å². The van der Waals surface area contributed by atoms with Crippen molar-refractivity contribution in [2.24, 2.45) is 5.92 Å². The number of nitrogens with zero attached hydrogens (tertiary/aromatic N) is 2. The van der Waals surface area contributed by atoms with Gasteiger partial charge in [-0.05, 0) is 52.6 Å². The predicted octanol–water partition coefficient (Wildman–Crippen LogP) is 3.35. The maximum absolute atomic E-state index is 5.71. The summed E-state index contributed by atoms with van der Waals surface area (Å²) in [6.45, 7) is 2.27. The first kappa shape index (κ1) is 11.5. The zero-order valence-electron chi connectivity index (χ0n) is 8.99. The van der Waals surface area contributed by atoms with Crippen LogP contribution in [0, 0.1) is 5.92 Å². The fraction of sp³-hybridized carbons (Fsp3) is 0.800. The summed E-state index contributed by atoms with van der Waals surface area (Å²) in [5, 5.41) is 0. The molecule has 84 valence electrons. The monoisotopic (exact) mass is 290 g/mol. The van der Waals surface area contributed by atoms with Gasteiger partial charge in [0.2, 0.25) is 0 Å². The zero-order valence-corrected chi connectivity index (χ0v) is 11.4. The van der Waals surface area contributed by atoms with Crippen LogP contribution in [0.3, 0.4) is 0 Å². The Morgan fingerprint density at radius 1 is 1.60 bits per heavy atom. The highest BCUT2D eigenvalue weighted by Crippen LogP contribution is 2.41. The molecule has 0 aliphatic heterocycles. The van der Waals surface area contributed by atoms with Crippen molar-refractivity contribution in [1.29, 1.82) is 0 Å². The van der Waals surface area contributed by atoms with Crippen molar-refractivity contribution in [1.82, 2.24) is 9.36 Å². The first-order chi connectivity index (χ1) is 7.16. The topological polar surface area (TPSA) is 35.0 Å². The van der Waals surface area contributed by atoms with Gasteiger partial charge in [0.15, 0.2) is 9.74 Å². The average Bonchev–Trinajstić information content (AvgIpc) is 2.65. The summed E-state index contributed by atoms with van der Waals surface area (Å²) < 4.78 is 10.9. The minimum absolute atomic E-state index is 0.236. The van der Waals surface area contributed by atoms with Crippen LogP contribution in [0.15, 0.2) is 3.92 Å². The molecule has 1 fully saturated rings. The fourth-order valence-electron chi connectivity index (χ4n) is 2.37. The van der Waals surface area contributed by atoms with E-state index >= 15 is 0 Å². The summed E-state index contributed by atoms with van der Waals surface area (Å²) in [6.07, 6.45) is 4.56. The van der Waals surface area contributed by atoms with Crippen LogP contribution in [-0.4, -0.2) is 16.5 Å². The van der Waals surface area contributed by atoms with Crippen LogP contribution in [0.5, 0.6) is 0 Å². The highest BCUT2D eigenvalue weighted by molar-refractivity contribution is 9.11. The number of ether oxygens (including phenoxy) is 1. The second kappa shape index (κ2) is 4.47. The number of hydrogen-bond acceptors (Lipinski definition) is 4. The molecule has 5 heteroatoms. The Kier molecular flexibility index (Phi) is 3.42. The third-order valence-electron chi connectivity index (χ3n) is 3.16. The van der Waals surface area contributed by atoms with E-state index in [-0.39, 0.29) is 5.60 Å². The minimum atomic E-state index is -0.236. The molecule has 1 saturated carbocycles. The second-order valence-corrected chi connectivity index (χ2v) is 6.30. The summed E-state index contributed by atoms with van der Waals surface area (Å²) in [7, 11) is 1.77. The third kappa shape index (κ3) is 2.24. The number of rotatable bonds is 2. The van der Waals surface area contributed by atoms with Gasteiger partial charge in [0.1, 0.15) is 5.60 Å². The molecule has 1 aromatic rings. The fourth-order valence-corrected chi connectivity index (χ4v) is 3.25. The van der Waals surface area contributed by atoms with Crippen LogP contribution in [0.25, 0.3) is 0 Å². The second-order valence-electron chi connectivity index (χ2n) is 4.27. The number of halogens is 1. The molecule has 2 rings (SSSR count). The molecular formula is C10H15BrN2OS. The van der Waals surface area contributed by atoms with Crippen LogP contribution in [0.2, 0.25) is 0 Å². The standard InChI is InChI=1S/C10H15BrN2OS/c1-7-4-3-5-10(6-7,14-2)8-12-9(11)15-13-8/h7H,3-6H2,1-2H3. The lowest BCUT2D eigenvalue weighted by Gasteiger charge is -2.36. The highest BCUT2D eigenvalue weighted by atomic mass is 79.9. The molecule has 1 heterocycles. The van der Waals surface area contributed by atoms with Crippen LogP contribution in [-0.2, 0) is 10.3 Å². The zero-order chi connectivity index (χ0) is 10.9. The van der Waals surface area contributed by atoms with E-state index in [1.165, 1.54) is 24.4 Å². The summed E-state index contributed by atoms with van der Waals surface area (Å²) in [6, 6.07) is 0. The van der Waals surface area contributed by atoms with Crippen molar-refractivity contribution in [2.75, 3.05) is 7.11 Å². The molecule has 0 aromatic carbocycles. The van der Waals surface area contributed by atoms with Crippen molar-refractivity contribution < 1.29 is 4.74 Å². The van der Waals surface area contributed by atoms with E-state index in [0.717, 1.165) is 22.6 Å². The molecule has 1 aromatic heterocycles. The van der Waals surface area contributed by atoms with E-state index < -0.39 is 0 Å². The molecule has 0 amide bonds. The minimum Gasteiger partial charge on any atom is -0.370 e. The molecule has 2 unspecified atom stereocenters. The Morgan fingerprint density at radius 3 is 2.93 bits per heavy atom. The maximum atomic E-state index is 5.71. The Bertz CT molecular complexity index is 344. The smallest absolute Gasteiger partial charge is 0.179 e. The molecule has 0 spiro atoms. The normalized spacial score (nSPS) is 31.8. The van der Waals surface area contributed by atoms with E-state index in [2.05, 4.69) is 32.2 Å². The number of methoxy groups -OCH3 is 1. The summed E-state index contributed by atoms with van der Waals surface area (Å²) in [5.74, 6) is 1.55. The molecule has 0 saturated heterocycles. The van der Waals surface area contributed by atoms with Gasteiger partial charge in [-0.15, -0.1) is 0 Å². The van der Waals surface area contributed by atoms with Crippen molar-refractivity contribution >= 4 is 27.5 Å². The van der Waals surface area contributed by atoms with E-state index in [1.54, 1.807) is 7.11 Å². The van der Waals surface area contributed by atoms with Crippen LogP contribution >= 0.6 is 27.5 Å². The first-order valence-corrected chi connectivity index (χ1v) is 6.78. The molecule has 1 aliphatic rings. The number of aromatic nitrogens is 2.